The summed E-state index contributed by atoms with van der Waals surface area (Å²) in [5.41, 5.74) is 9.78. The highest BCUT2D eigenvalue weighted by molar-refractivity contribution is 5.72. The lowest BCUT2D eigenvalue weighted by Gasteiger charge is -2.13. The van der Waals surface area contributed by atoms with Crippen molar-refractivity contribution in [2.45, 2.75) is 32.4 Å². The van der Waals surface area contributed by atoms with Crippen LogP contribution in [0.4, 0.5) is 0 Å². The Morgan fingerprint density at radius 2 is 1.71 bits per heavy atom. The first-order valence-corrected chi connectivity index (χ1v) is 7.28. The standard InChI is InChI=1S/C18H22N2O/c1-14(21)20-13-16-7-10-17(11-8-16)18(19)12-9-15-5-3-2-4-6-15/h2-8,10-11,18H,9,12-13,19H2,1H3,(H,20,21). The van der Waals surface area contributed by atoms with Gasteiger partial charge in [-0.15, -0.1) is 0 Å². The molecule has 0 heterocycles. The number of benzene rings is 2. The minimum absolute atomic E-state index is 0.0151. The first kappa shape index (κ1) is 15.3. The highest BCUT2D eigenvalue weighted by Gasteiger charge is 2.06. The molecule has 21 heavy (non-hydrogen) atoms. The molecule has 1 atom stereocenters. The molecule has 0 aromatic heterocycles. The van der Waals surface area contributed by atoms with Gasteiger partial charge < -0.3 is 11.1 Å². The van der Waals surface area contributed by atoms with Crippen LogP contribution in [-0.4, -0.2) is 5.91 Å². The van der Waals surface area contributed by atoms with E-state index in [1.54, 1.807) is 0 Å². The van der Waals surface area contributed by atoms with Crippen LogP contribution in [0.1, 0.15) is 36.1 Å². The van der Waals surface area contributed by atoms with Gasteiger partial charge in [0.1, 0.15) is 0 Å². The van der Waals surface area contributed by atoms with Gasteiger partial charge in [-0.05, 0) is 29.5 Å². The van der Waals surface area contributed by atoms with Crippen molar-refractivity contribution in [1.82, 2.24) is 5.32 Å². The van der Waals surface area contributed by atoms with Crippen LogP contribution < -0.4 is 11.1 Å². The molecule has 2 aromatic rings. The summed E-state index contributed by atoms with van der Waals surface area (Å²) >= 11 is 0. The summed E-state index contributed by atoms with van der Waals surface area (Å²) in [5.74, 6) is -0.0151. The molecule has 0 bridgehead atoms. The monoisotopic (exact) mass is 282 g/mol. The van der Waals surface area contributed by atoms with Crippen LogP contribution in [-0.2, 0) is 17.8 Å². The van der Waals surface area contributed by atoms with E-state index < -0.39 is 0 Å². The summed E-state index contributed by atoms with van der Waals surface area (Å²) in [4.78, 5) is 10.9. The van der Waals surface area contributed by atoms with Gasteiger partial charge in [-0.25, -0.2) is 0 Å². The van der Waals surface area contributed by atoms with Gasteiger partial charge >= 0.3 is 0 Å². The highest BCUT2D eigenvalue weighted by Crippen LogP contribution is 2.17. The third kappa shape index (κ3) is 5.04. The van der Waals surface area contributed by atoms with E-state index in [-0.39, 0.29) is 11.9 Å². The van der Waals surface area contributed by atoms with E-state index in [2.05, 4.69) is 29.6 Å². The van der Waals surface area contributed by atoms with Gasteiger partial charge in [0.15, 0.2) is 0 Å². The van der Waals surface area contributed by atoms with E-state index in [9.17, 15) is 4.79 Å². The van der Waals surface area contributed by atoms with Crippen molar-refractivity contribution in [3.63, 3.8) is 0 Å². The zero-order chi connectivity index (χ0) is 15.1. The summed E-state index contributed by atoms with van der Waals surface area (Å²) in [6, 6.07) is 18.6. The second kappa shape index (κ2) is 7.60. The SMILES string of the molecule is CC(=O)NCc1ccc(C(N)CCc2ccccc2)cc1. The second-order valence-electron chi connectivity index (χ2n) is 5.28. The van der Waals surface area contributed by atoms with Gasteiger partial charge in [-0.2, -0.15) is 0 Å². The largest absolute Gasteiger partial charge is 0.352 e. The molecule has 0 saturated carbocycles. The average Bonchev–Trinajstić information content (AvgIpc) is 2.52. The van der Waals surface area contributed by atoms with E-state index in [1.807, 2.05) is 30.3 Å². The van der Waals surface area contributed by atoms with Crippen LogP contribution in [0.15, 0.2) is 54.6 Å². The van der Waals surface area contributed by atoms with Crippen LogP contribution in [0.25, 0.3) is 0 Å². The maximum atomic E-state index is 10.9. The summed E-state index contributed by atoms with van der Waals surface area (Å²) < 4.78 is 0. The van der Waals surface area contributed by atoms with E-state index in [0.717, 1.165) is 24.0 Å². The molecule has 0 aliphatic heterocycles. The Hall–Kier alpha value is -2.13. The number of rotatable bonds is 6. The molecule has 0 radical (unpaired) electrons. The van der Waals surface area contributed by atoms with Crippen molar-refractivity contribution < 1.29 is 4.79 Å². The Balaban J connectivity index is 1.87. The maximum absolute atomic E-state index is 10.9. The third-order valence-electron chi connectivity index (χ3n) is 3.54. The first-order chi connectivity index (χ1) is 10.1. The molecule has 0 spiro atoms. The lowest BCUT2D eigenvalue weighted by molar-refractivity contribution is -0.119. The van der Waals surface area contributed by atoms with Crippen LogP contribution in [0.3, 0.4) is 0 Å². The van der Waals surface area contributed by atoms with E-state index in [1.165, 1.54) is 12.5 Å². The first-order valence-electron chi connectivity index (χ1n) is 7.28. The fourth-order valence-electron chi connectivity index (χ4n) is 2.24. The van der Waals surface area contributed by atoms with E-state index >= 15 is 0 Å². The van der Waals surface area contributed by atoms with Crippen LogP contribution >= 0.6 is 0 Å². The molecule has 0 aliphatic rings. The molecule has 0 saturated heterocycles. The van der Waals surface area contributed by atoms with Crippen molar-refractivity contribution in [3.05, 3.63) is 71.3 Å². The lowest BCUT2D eigenvalue weighted by Crippen LogP contribution is -2.19. The predicted molar refractivity (Wildman–Crippen MR) is 85.7 cm³/mol. The molecule has 0 aliphatic carbocycles. The molecular formula is C18H22N2O. The number of aryl methyl sites for hydroxylation is 1. The minimum Gasteiger partial charge on any atom is -0.352 e. The van der Waals surface area contributed by atoms with E-state index in [0.29, 0.717) is 6.54 Å². The molecule has 3 nitrogen and oxygen atoms in total. The number of carbonyl (C=O) groups excluding carboxylic acids is 1. The molecule has 1 unspecified atom stereocenters. The average molecular weight is 282 g/mol. The Bertz CT molecular complexity index is 564. The zero-order valence-electron chi connectivity index (χ0n) is 12.4. The van der Waals surface area contributed by atoms with Crippen molar-refractivity contribution in [1.29, 1.82) is 0 Å². The van der Waals surface area contributed by atoms with Crippen molar-refractivity contribution in [2.75, 3.05) is 0 Å². The van der Waals surface area contributed by atoms with Crippen molar-refractivity contribution in [3.8, 4) is 0 Å². The number of hydrogen-bond donors (Lipinski definition) is 2. The molecule has 0 fully saturated rings. The molecular weight excluding hydrogens is 260 g/mol. The predicted octanol–water partition coefficient (Wildman–Crippen LogP) is 2.96. The second-order valence-corrected chi connectivity index (χ2v) is 5.28. The highest BCUT2D eigenvalue weighted by atomic mass is 16.1. The van der Waals surface area contributed by atoms with Gasteiger partial charge in [0.05, 0.1) is 0 Å². The van der Waals surface area contributed by atoms with Gasteiger partial charge in [-0.1, -0.05) is 54.6 Å². The van der Waals surface area contributed by atoms with Crippen molar-refractivity contribution >= 4 is 5.91 Å². The van der Waals surface area contributed by atoms with Gasteiger partial charge in [0.25, 0.3) is 0 Å². The molecule has 110 valence electrons. The van der Waals surface area contributed by atoms with Gasteiger partial charge in [0, 0.05) is 19.5 Å². The molecule has 3 N–H and O–H groups in total. The smallest absolute Gasteiger partial charge is 0.217 e. The number of nitrogens with one attached hydrogen (secondary N) is 1. The Kier molecular flexibility index (Phi) is 5.52. The van der Waals surface area contributed by atoms with Crippen LogP contribution in [0.2, 0.25) is 0 Å². The molecule has 3 heteroatoms. The van der Waals surface area contributed by atoms with Crippen LogP contribution in [0.5, 0.6) is 0 Å². The zero-order valence-corrected chi connectivity index (χ0v) is 12.4. The molecule has 1 amide bonds. The lowest BCUT2D eigenvalue weighted by atomic mass is 9.99. The summed E-state index contributed by atoms with van der Waals surface area (Å²) in [7, 11) is 0. The third-order valence-corrected chi connectivity index (χ3v) is 3.54. The fraction of sp³-hybridized carbons (Fsp3) is 0.278. The summed E-state index contributed by atoms with van der Waals surface area (Å²) in [5, 5.41) is 2.79. The normalized spacial score (nSPS) is 11.9. The van der Waals surface area contributed by atoms with Gasteiger partial charge in [0.2, 0.25) is 5.91 Å². The number of carbonyl (C=O) groups is 1. The molecule has 2 aromatic carbocycles. The minimum atomic E-state index is -0.0151. The van der Waals surface area contributed by atoms with Gasteiger partial charge in [-0.3, -0.25) is 4.79 Å². The quantitative estimate of drug-likeness (QED) is 0.856. The Labute approximate surface area is 126 Å². The Morgan fingerprint density at radius 1 is 1.05 bits per heavy atom. The topological polar surface area (TPSA) is 55.1 Å². The maximum Gasteiger partial charge on any atom is 0.217 e. The van der Waals surface area contributed by atoms with Crippen molar-refractivity contribution in [2.24, 2.45) is 5.73 Å². The molecule has 2 rings (SSSR count). The summed E-state index contributed by atoms with van der Waals surface area (Å²) in [6.07, 6.45) is 1.91. The summed E-state index contributed by atoms with van der Waals surface area (Å²) in [6.45, 7) is 2.09. The van der Waals surface area contributed by atoms with E-state index in [4.69, 9.17) is 5.73 Å². The Morgan fingerprint density at radius 3 is 2.33 bits per heavy atom. The number of amides is 1. The number of hydrogen-bond acceptors (Lipinski definition) is 2. The fourth-order valence-corrected chi connectivity index (χ4v) is 2.24. The number of nitrogens with two attached hydrogens (primary N) is 1. The van der Waals surface area contributed by atoms with Crippen LogP contribution in [0, 0.1) is 0 Å².